The molecule has 7 nitrogen and oxygen atoms in total. The van der Waals surface area contributed by atoms with Crippen molar-refractivity contribution < 1.29 is 13.0 Å². The van der Waals surface area contributed by atoms with Crippen LogP contribution in [0.2, 0.25) is 0 Å². The molecule has 1 fully saturated rings. The molecule has 0 amide bonds. The maximum Gasteiger partial charge on any atom is 0.215 e. The van der Waals surface area contributed by atoms with Gasteiger partial charge in [-0.2, -0.15) is 0 Å². The largest absolute Gasteiger partial charge is 0.299 e. The van der Waals surface area contributed by atoms with Crippen LogP contribution in [-0.4, -0.2) is 49.0 Å². The summed E-state index contributed by atoms with van der Waals surface area (Å²) in [5.74, 6) is 0.286. The minimum Gasteiger partial charge on any atom is -0.299 e. The molecular weight excluding hydrogens is 316 g/mol. The van der Waals surface area contributed by atoms with Gasteiger partial charge < -0.3 is 0 Å². The van der Waals surface area contributed by atoms with Crippen LogP contribution in [0, 0.1) is 5.92 Å². The number of aromatic nitrogens is 2. The van der Waals surface area contributed by atoms with Gasteiger partial charge in [-0.25, -0.2) is 17.8 Å². The van der Waals surface area contributed by atoms with Crippen molar-refractivity contribution in [1.82, 2.24) is 19.9 Å². The molecule has 1 N–H and O–H groups in total. The Balaban J connectivity index is 1.56. The fraction of sp³-hybridized carbons (Fsp3) is 0.467. The van der Waals surface area contributed by atoms with Crippen LogP contribution < -0.4 is 4.72 Å². The molecule has 2 heterocycles. The van der Waals surface area contributed by atoms with E-state index in [4.69, 9.17) is 4.63 Å². The summed E-state index contributed by atoms with van der Waals surface area (Å²) in [7, 11) is -3.23. The topological polar surface area (TPSA) is 88.3 Å². The van der Waals surface area contributed by atoms with Crippen LogP contribution in [0.4, 0.5) is 0 Å². The summed E-state index contributed by atoms with van der Waals surface area (Å²) in [6.45, 7) is 6.50. The van der Waals surface area contributed by atoms with Gasteiger partial charge in [-0.3, -0.25) is 4.90 Å². The van der Waals surface area contributed by atoms with Crippen molar-refractivity contribution in [3.63, 3.8) is 0 Å². The predicted octanol–water partition coefficient (Wildman–Crippen LogP) is 1.15. The van der Waals surface area contributed by atoms with Crippen LogP contribution in [0.3, 0.4) is 0 Å². The van der Waals surface area contributed by atoms with Crippen LogP contribution in [0.15, 0.2) is 35.5 Å². The van der Waals surface area contributed by atoms with Gasteiger partial charge in [-0.1, -0.05) is 18.2 Å². The molecule has 0 radical (unpaired) electrons. The standard InChI is InChI=1S/C15H20N4O3S/c1-2-8-23(20,21)16-9-12-6-7-19(10-12)11-13-4-3-5-14-15(13)18-22-17-14/h2-5,12,16H,1,6-11H2/t12-/m0/s1. The predicted molar refractivity (Wildman–Crippen MR) is 87.2 cm³/mol. The van der Waals surface area contributed by atoms with E-state index >= 15 is 0 Å². The minimum absolute atomic E-state index is 0.0371. The second-order valence-corrected chi connectivity index (χ2v) is 7.71. The van der Waals surface area contributed by atoms with Crippen LogP contribution in [0.1, 0.15) is 12.0 Å². The molecule has 0 saturated carbocycles. The normalized spacial score (nSPS) is 19.4. The Hall–Kier alpha value is -1.77. The lowest BCUT2D eigenvalue weighted by Gasteiger charge is -2.16. The molecule has 1 aromatic carbocycles. The molecule has 3 rings (SSSR count). The first-order chi connectivity index (χ1) is 11.1. The number of benzene rings is 1. The van der Waals surface area contributed by atoms with Crippen molar-refractivity contribution in [2.45, 2.75) is 13.0 Å². The fourth-order valence-corrected chi connectivity index (χ4v) is 3.83. The molecule has 0 bridgehead atoms. The van der Waals surface area contributed by atoms with Gasteiger partial charge in [0, 0.05) is 19.6 Å². The maximum absolute atomic E-state index is 11.7. The molecule has 0 aliphatic carbocycles. The number of fused-ring (bicyclic) bond motifs is 1. The van der Waals surface area contributed by atoms with E-state index < -0.39 is 10.0 Å². The smallest absolute Gasteiger partial charge is 0.215 e. The SMILES string of the molecule is C=CCS(=O)(=O)NC[C@@H]1CCN(Cc2cccc3nonc23)C1. The Kier molecular flexibility index (Phi) is 4.74. The molecule has 1 aliphatic rings. The Bertz CT molecular complexity index is 787. The Morgan fingerprint density at radius 1 is 1.43 bits per heavy atom. The number of hydrogen-bond donors (Lipinski definition) is 1. The van der Waals surface area contributed by atoms with E-state index in [2.05, 4.69) is 26.5 Å². The summed E-state index contributed by atoms with van der Waals surface area (Å²) in [6.07, 6.45) is 2.37. The molecule has 1 aromatic heterocycles. The third-order valence-corrected chi connectivity index (χ3v) is 5.34. The number of likely N-dealkylation sites (tertiary alicyclic amines) is 1. The highest BCUT2D eigenvalue weighted by molar-refractivity contribution is 7.89. The van der Waals surface area contributed by atoms with Crippen molar-refractivity contribution >= 4 is 21.1 Å². The van der Waals surface area contributed by atoms with Crippen molar-refractivity contribution in [3.05, 3.63) is 36.4 Å². The number of rotatable bonds is 7. The van der Waals surface area contributed by atoms with Crippen LogP contribution in [-0.2, 0) is 16.6 Å². The summed E-state index contributed by atoms with van der Waals surface area (Å²) < 4.78 is 30.7. The van der Waals surface area contributed by atoms with Crippen LogP contribution >= 0.6 is 0 Å². The molecule has 2 aromatic rings. The lowest BCUT2D eigenvalue weighted by molar-refractivity contribution is 0.309. The lowest BCUT2D eigenvalue weighted by atomic mass is 10.1. The number of nitrogens with one attached hydrogen (secondary N) is 1. The Labute approximate surface area is 135 Å². The summed E-state index contributed by atoms with van der Waals surface area (Å²) in [6, 6.07) is 5.84. The zero-order valence-corrected chi connectivity index (χ0v) is 13.6. The van der Waals surface area contributed by atoms with Crippen LogP contribution in [0.5, 0.6) is 0 Å². The lowest BCUT2D eigenvalue weighted by Crippen LogP contribution is -2.32. The van der Waals surface area contributed by atoms with E-state index in [1.807, 2.05) is 18.2 Å². The van der Waals surface area contributed by atoms with Gasteiger partial charge in [0.25, 0.3) is 0 Å². The maximum atomic E-state index is 11.7. The van der Waals surface area contributed by atoms with Gasteiger partial charge in [-0.15, -0.1) is 6.58 Å². The first-order valence-electron chi connectivity index (χ1n) is 7.58. The van der Waals surface area contributed by atoms with Crippen molar-refractivity contribution in [3.8, 4) is 0 Å². The monoisotopic (exact) mass is 336 g/mol. The van der Waals surface area contributed by atoms with Crippen molar-refractivity contribution in [1.29, 1.82) is 0 Å². The molecule has 1 aliphatic heterocycles. The van der Waals surface area contributed by atoms with Gasteiger partial charge in [0.1, 0.15) is 11.0 Å². The van der Waals surface area contributed by atoms with Gasteiger partial charge >= 0.3 is 0 Å². The van der Waals surface area contributed by atoms with Gasteiger partial charge in [0.2, 0.25) is 10.0 Å². The highest BCUT2D eigenvalue weighted by atomic mass is 32.2. The first-order valence-corrected chi connectivity index (χ1v) is 9.23. The third-order valence-electron chi connectivity index (χ3n) is 4.06. The highest BCUT2D eigenvalue weighted by Crippen LogP contribution is 2.21. The quantitative estimate of drug-likeness (QED) is 0.763. The molecule has 23 heavy (non-hydrogen) atoms. The molecule has 124 valence electrons. The van der Waals surface area contributed by atoms with Crippen molar-refractivity contribution in [2.75, 3.05) is 25.4 Å². The van der Waals surface area contributed by atoms with Gasteiger partial charge in [0.05, 0.1) is 5.75 Å². The fourth-order valence-electron chi connectivity index (χ4n) is 2.91. The Morgan fingerprint density at radius 3 is 3.13 bits per heavy atom. The zero-order valence-electron chi connectivity index (χ0n) is 12.8. The number of nitrogens with zero attached hydrogens (tertiary/aromatic N) is 3. The second kappa shape index (κ2) is 6.77. The zero-order chi connectivity index (χ0) is 16.3. The average molecular weight is 336 g/mol. The van der Waals surface area contributed by atoms with Crippen LogP contribution in [0.25, 0.3) is 11.0 Å². The summed E-state index contributed by atoms with van der Waals surface area (Å²) >= 11 is 0. The van der Waals surface area contributed by atoms with E-state index in [0.717, 1.165) is 42.7 Å². The second-order valence-electron chi connectivity index (χ2n) is 5.86. The summed E-state index contributed by atoms with van der Waals surface area (Å²) in [5, 5.41) is 7.81. The van der Waals surface area contributed by atoms with E-state index in [-0.39, 0.29) is 5.75 Å². The first kappa shape index (κ1) is 16.1. The molecular formula is C15H20N4O3S. The average Bonchev–Trinajstić information content (AvgIpc) is 3.14. The number of hydrogen-bond acceptors (Lipinski definition) is 6. The highest BCUT2D eigenvalue weighted by Gasteiger charge is 2.24. The molecule has 8 heteroatoms. The molecule has 0 unspecified atom stereocenters. The van der Waals surface area contributed by atoms with E-state index in [1.54, 1.807) is 0 Å². The summed E-state index contributed by atoms with van der Waals surface area (Å²) in [5.41, 5.74) is 2.63. The van der Waals surface area contributed by atoms with Crippen molar-refractivity contribution in [2.24, 2.45) is 5.92 Å². The number of sulfonamides is 1. The molecule has 1 saturated heterocycles. The van der Waals surface area contributed by atoms with Gasteiger partial charge in [0.15, 0.2) is 0 Å². The minimum atomic E-state index is -3.23. The van der Waals surface area contributed by atoms with E-state index in [9.17, 15) is 8.42 Å². The van der Waals surface area contributed by atoms with Gasteiger partial charge in [-0.05, 0) is 40.8 Å². The van der Waals surface area contributed by atoms with E-state index in [1.165, 1.54) is 6.08 Å². The molecule has 0 spiro atoms. The third kappa shape index (κ3) is 3.95. The Morgan fingerprint density at radius 2 is 2.30 bits per heavy atom. The summed E-state index contributed by atoms with van der Waals surface area (Å²) in [4.78, 5) is 2.30. The molecule has 1 atom stereocenters. The van der Waals surface area contributed by atoms with E-state index in [0.29, 0.717) is 12.5 Å².